The average Bonchev–Trinajstić information content (AvgIpc) is 3.28. The fourth-order valence-electron chi connectivity index (χ4n) is 3.45. The molecule has 0 amide bonds. The number of hydrogen-bond acceptors (Lipinski definition) is 3. The molecule has 27 heavy (non-hydrogen) atoms. The fourth-order valence-corrected chi connectivity index (χ4v) is 3.45. The van der Waals surface area contributed by atoms with Crippen LogP contribution in [0.5, 0.6) is 0 Å². The van der Waals surface area contributed by atoms with Gasteiger partial charge in [0.2, 0.25) is 0 Å². The molecule has 0 fully saturated rings. The van der Waals surface area contributed by atoms with E-state index < -0.39 is 0 Å². The van der Waals surface area contributed by atoms with Crippen molar-refractivity contribution in [3.05, 3.63) is 84.6 Å². The van der Waals surface area contributed by atoms with E-state index in [2.05, 4.69) is 84.0 Å². The van der Waals surface area contributed by atoms with Crippen molar-refractivity contribution in [2.24, 2.45) is 0 Å². The van der Waals surface area contributed by atoms with E-state index in [0.29, 0.717) is 0 Å². The summed E-state index contributed by atoms with van der Waals surface area (Å²) < 4.78 is 4.95. The van der Waals surface area contributed by atoms with Crippen molar-refractivity contribution < 1.29 is 4.52 Å². The third kappa shape index (κ3) is 3.68. The summed E-state index contributed by atoms with van der Waals surface area (Å²) in [6.07, 6.45) is 5.04. The number of rotatable bonds is 6. The zero-order chi connectivity index (χ0) is 18.5. The highest BCUT2D eigenvalue weighted by atomic mass is 16.5. The van der Waals surface area contributed by atoms with Crippen LogP contribution in [0.15, 0.2) is 83.6 Å². The summed E-state index contributed by atoms with van der Waals surface area (Å²) in [5, 5.41) is 7.69. The zero-order valence-electron chi connectivity index (χ0n) is 15.4. The van der Waals surface area contributed by atoms with Crippen LogP contribution in [-0.4, -0.2) is 10.4 Å². The van der Waals surface area contributed by atoms with Gasteiger partial charge in [0.25, 0.3) is 0 Å². The Morgan fingerprint density at radius 1 is 0.778 bits per heavy atom. The van der Waals surface area contributed by atoms with Crippen molar-refractivity contribution in [2.45, 2.75) is 26.2 Å². The molecule has 3 nitrogen and oxygen atoms in total. The number of aryl methyl sites for hydroxylation is 1. The molecule has 0 atom stereocenters. The Morgan fingerprint density at radius 2 is 1.59 bits per heavy atom. The summed E-state index contributed by atoms with van der Waals surface area (Å²) in [5.41, 5.74) is 8.07. The van der Waals surface area contributed by atoms with Crippen LogP contribution in [0.3, 0.4) is 0 Å². The maximum absolute atomic E-state index is 4.95. The maximum atomic E-state index is 4.95. The summed E-state index contributed by atoms with van der Waals surface area (Å²) in [6, 6.07) is 25.7. The van der Waals surface area contributed by atoms with Gasteiger partial charge in [-0.3, -0.25) is 0 Å². The lowest BCUT2D eigenvalue weighted by atomic mass is 9.88. The van der Waals surface area contributed by atoms with Crippen molar-refractivity contribution in [1.29, 1.82) is 0 Å². The van der Waals surface area contributed by atoms with Gasteiger partial charge in [-0.1, -0.05) is 80.1 Å². The molecule has 1 aromatic heterocycles. The molecular formula is C24H22N2O. The van der Waals surface area contributed by atoms with Gasteiger partial charge in [0.15, 0.2) is 6.26 Å². The second-order valence-electron chi connectivity index (χ2n) is 6.68. The van der Waals surface area contributed by atoms with Gasteiger partial charge >= 0.3 is 0 Å². The third-order valence-corrected chi connectivity index (χ3v) is 4.87. The Balaban J connectivity index is 1.90. The van der Waals surface area contributed by atoms with E-state index in [4.69, 9.17) is 4.52 Å². The molecule has 0 aliphatic rings. The highest BCUT2D eigenvalue weighted by Crippen LogP contribution is 2.37. The number of unbranched alkanes of at least 4 members (excludes halogenated alkanes) is 1. The van der Waals surface area contributed by atoms with Gasteiger partial charge in [0.1, 0.15) is 5.69 Å². The molecule has 0 N–H and O–H groups in total. The van der Waals surface area contributed by atoms with Gasteiger partial charge in [-0.15, -0.1) is 5.10 Å². The molecule has 0 unspecified atom stereocenters. The molecular weight excluding hydrogens is 332 g/mol. The van der Waals surface area contributed by atoms with E-state index >= 15 is 0 Å². The van der Waals surface area contributed by atoms with Gasteiger partial charge in [-0.2, -0.15) is 0 Å². The van der Waals surface area contributed by atoms with Crippen LogP contribution in [0.25, 0.3) is 33.5 Å². The van der Waals surface area contributed by atoms with Crippen LogP contribution in [0.1, 0.15) is 25.3 Å². The van der Waals surface area contributed by atoms with Crippen molar-refractivity contribution in [1.82, 2.24) is 10.4 Å². The van der Waals surface area contributed by atoms with E-state index in [-0.39, 0.29) is 0 Å². The highest BCUT2D eigenvalue weighted by molar-refractivity contribution is 5.87. The molecule has 0 radical (unpaired) electrons. The molecule has 4 aromatic rings. The van der Waals surface area contributed by atoms with Crippen LogP contribution < -0.4 is 0 Å². The molecule has 134 valence electrons. The lowest BCUT2D eigenvalue weighted by Gasteiger charge is -2.15. The Kier molecular flexibility index (Phi) is 5.10. The minimum absolute atomic E-state index is 0.752. The van der Waals surface area contributed by atoms with Crippen molar-refractivity contribution in [3.63, 3.8) is 0 Å². The lowest BCUT2D eigenvalue weighted by Crippen LogP contribution is -1.93. The predicted octanol–water partition coefficient (Wildman–Crippen LogP) is 6.41. The Hall–Kier alpha value is -3.20. The summed E-state index contributed by atoms with van der Waals surface area (Å²) >= 11 is 0. The van der Waals surface area contributed by atoms with Crippen LogP contribution >= 0.6 is 0 Å². The van der Waals surface area contributed by atoms with E-state index in [9.17, 15) is 0 Å². The fraction of sp³-hybridized carbons (Fsp3) is 0.167. The quantitative estimate of drug-likeness (QED) is 0.401. The molecule has 0 bridgehead atoms. The molecule has 1 heterocycles. The Morgan fingerprint density at radius 3 is 2.37 bits per heavy atom. The monoisotopic (exact) mass is 354 g/mol. The van der Waals surface area contributed by atoms with Crippen LogP contribution in [-0.2, 0) is 6.42 Å². The van der Waals surface area contributed by atoms with Gasteiger partial charge in [-0.25, -0.2) is 0 Å². The third-order valence-electron chi connectivity index (χ3n) is 4.87. The molecule has 4 rings (SSSR count). The lowest BCUT2D eigenvalue weighted by molar-refractivity contribution is 0.393. The zero-order valence-corrected chi connectivity index (χ0v) is 15.4. The van der Waals surface area contributed by atoms with Gasteiger partial charge in [-0.05, 0) is 46.7 Å². The topological polar surface area (TPSA) is 38.9 Å². The summed E-state index contributed by atoms with van der Waals surface area (Å²) in [7, 11) is 0. The molecule has 3 heteroatoms. The van der Waals surface area contributed by atoms with Crippen molar-refractivity contribution in [3.8, 4) is 33.5 Å². The summed E-state index contributed by atoms with van der Waals surface area (Å²) in [5.74, 6) is 0. The smallest absolute Gasteiger partial charge is 0.152 e. The maximum Gasteiger partial charge on any atom is 0.152 e. The van der Waals surface area contributed by atoms with E-state index in [0.717, 1.165) is 17.7 Å². The largest absolute Gasteiger partial charge is 0.345 e. The molecule has 0 aliphatic carbocycles. The molecule has 0 saturated heterocycles. The standard InChI is InChI=1S/C24H22N2O/c1-2-3-9-18-12-7-8-13-21(18)23-16-20(24-17-27-26-25-24)14-15-22(23)19-10-5-4-6-11-19/h4-8,10-17H,2-3,9H2,1H3. The minimum atomic E-state index is 0.752. The first kappa shape index (κ1) is 17.2. The predicted molar refractivity (Wildman–Crippen MR) is 109 cm³/mol. The number of hydrogen-bond donors (Lipinski definition) is 0. The Labute approximate surface area is 159 Å². The van der Waals surface area contributed by atoms with Crippen LogP contribution in [0.2, 0.25) is 0 Å². The molecule has 0 spiro atoms. The first-order valence-electron chi connectivity index (χ1n) is 9.42. The Bertz CT molecular complexity index is 1010. The van der Waals surface area contributed by atoms with Crippen molar-refractivity contribution in [2.75, 3.05) is 0 Å². The minimum Gasteiger partial charge on any atom is -0.345 e. The second kappa shape index (κ2) is 8.00. The summed E-state index contributed by atoms with van der Waals surface area (Å²) in [4.78, 5) is 0. The van der Waals surface area contributed by atoms with E-state index in [1.54, 1.807) is 6.26 Å². The second-order valence-corrected chi connectivity index (χ2v) is 6.68. The van der Waals surface area contributed by atoms with Gasteiger partial charge in [0.05, 0.1) is 0 Å². The SMILES string of the molecule is CCCCc1ccccc1-c1cc(-c2conn2)ccc1-c1ccccc1. The van der Waals surface area contributed by atoms with Crippen molar-refractivity contribution >= 4 is 0 Å². The van der Waals surface area contributed by atoms with Gasteiger partial charge < -0.3 is 4.52 Å². The number of aromatic nitrogens is 2. The van der Waals surface area contributed by atoms with E-state index in [1.807, 2.05) is 6.07 Å². The van der Waals surface area contributed by atoms with E-state index in [1.165, 1.54) is 40.7 Å². The van der Waals surface area contributed by atoms with Crippen LogP contribution in [0, 0.1) is 0 Å². The van der Waals surface area contributed by atoms with Gasteiger partial charge in [0, 0.05) is 10.8 Å². The first-order chi connectivity index (χ1) is 13.4. The number of nitrogens with zero attached hydrogens (tertiary/aromatic N) is 2. The molecule has 0 saturated carbocycles. The normalized spacial score (nSPS) is 10.9. The first-order valence-corrected chi connectivity index (χ1v) is 9.42. The highest BCUT2D eigenvalue weighted by Gasteiger charge is 2.13. The molecule has 3 aromatic carbocycles. The molecule has 0 aliphatic heterocycles. The number of benzene rings is 3. The summed E-state index contributed by atoms with van der Waals surface area (Å²) in [6.45, 7) is 2.23. The average molecular weight is 354 g/mol. The van der Waals surface area contributed by atoms with Crippen LogP contribution in [0.4, 0.5) is 0 Å².